The molecule has 0 bridgehead atoms. The van der Waals surface area contributed by atoms with E-state index in [-0.39, 0.29) is 41.5 Å². The predicted molar refractivity (Wildman–Crippen MR) is 147 cm³/mol. The Labute approximate surface area is 228 Å². The Kier molecular flexibility index (Phi) is 7.70. The number of nitrogens with one attached hydrogen (secondary N) is 1. The van der Waals surface area contributed by atoms with Crippen LogP contribution < -0.4 is 15.6 Å². The van der Waals surface area contributed by atoms with E-state index < -0.39 is 15.9 Å². The summed E-state index contributed by atoms with van der Waals surface area (Å²) in [6, 6.07) is 11.4. The fourth-order valence-electron chi connectivity index (χ4n) is 4.32. The maximum atomic E-state index is 13.1. The molecule has 0 unspecified atom stereocenters. The molecule has 1 aliphatic rings. The Hall–Kier alpha value is -3.72. The third-order valence-electron chi connectivity index (χ3n) is 6.18. The number of ether oxygens (including phenoxy) is 2. The van der Waals surface area contributed by atoms with Gasteiger partial charge in [0.2, 0.25) is 21.7 Å². The quantitative estimate of drug-likeness (QED) is 0.237. The first-order chi connectivity index (χ1) is 18.8. The lowest BCUT2D eigenvalue weighted by molar-refractivity contribution is -0.113. The van der Waals surface area contributed by atoms with E-state index in [9.17, 15) is 18.0 Å². The van der Waals surface area contributed by atoms with Gasteiger partial charge < -0.3 is 14.8 Å². The molecular weight excluding hydrogens is 544 g/mol. The third-order valence-corrected chi connectivity index (χ3v) is 9.00. The van der Waals surface area contributed by atoms with E-state index in [1.807, 2.05) is 6.07 Å². The Morgan fingerprint density at radius 3 is 2.72 bits per heavy atom. The van der Waals surface area contributed by atoms with E-state index in [2.05, 4.69) is 22.1 Å². The Morgan fingerprint density at radius 1 is 1.21 bits per heavy atom. The Bertz CT molecular complexity index is 1730. The summed E-state index contributed by atoms with van der Waals surface area (Å²) in [7, 11) is -2.33. The number of benzene rings is 2. The molecule has 0 radical (unpaired) electrons. The summed E-state index contributed by atoms with van der Waals surface area (Å²) in [5, 5.41) is 12.1. The van der Waals surface area contributed by atoms with Crippen molar-refractivity contribution >= 4 is 50.1 Å². The van der Waals surface area contributed by atoms with Crippen LogP contribution in [-0.4, -0.2) is 77.0 Å². The van der Waals surface area contributed by atoms with Gasteiger partial charge in [-0.3, -0.25) is 18.6 Å². The van der Waals surface area contributed by atoms with E-state index >= 15 is 0 Å². The molecule has 3 heterocycles. The van der Waals surface area contributed by atoms with Gasteiger partial charge in [-0.25, -0.2) is 8.42 Å². The lowest BCUT2D eigenvalue weighted by atomic mass is 10.2. The minimum atomic E-state index is -3.77. The monoisotopic (exact) mass is 570 g/mol. The largest absolute Gasteiger partial charge is 0.495 e. The van der Waals surface area contributed by atoms with Gasteiger partial charge in [0.15, 0.2) is 5.16 Å². The van der Waals surface area contributed by atoms with Crippen LogP contribution in [0.15, 0.2) is 70.0 Å². The number of methoxy groups -OCH3 is 1. The number of carbonyl (C=O) groups is 1. The molecule has 2 aromatic heterocycles. The van der Waals surface area contributed by atoms with Crippen LogP contribution in [0.25, 0.3) is 16.7 Å². The van der Waals surface area contributed by atoms with Gasteiger partial charge in [0.05, 0.1) is 47.6 Å². The molecule has 0 spiro atoms. The molecular formula is C25H26N6O6S2. The van der Waals surface area contributed by atoms with Gasteiger partial charge in [0.25, 0.3) is 5.56 Å². The molecule has 2 aromatic carbocycles. The molecule has 204 valence electrons. The highest BCUT2D eigenvalue weighted by atomic mass is 32.2. The van der Waals surface area contributed by atoms with Crippen LogP contribution in [0.3, 0.4) is 0 Å². The molecule has 1 fully saturated rings. The van der Waals surface area contributed by atoms with Gasteiger partial charge in [-0.15, -0.1) is 16.8 Å². The zero-order chi connectivity index (χ0) is 27.6. The summed E-state index contributed by atoms with van der Waals surface area (Å²) < 4.78 is 41.4. The summed E-state index contributed by atoms with van der Waals surface area (Å²) in [5.41, 5.74) is 0.640. The number of anilines is 1. The molecule has 4 aromatic rings. The number of thioether (sulfide) groups is 1. The zero-order valence-corrected chi connectivity index (χ0v) is 22.7. The average molecular weight is 571 g/mol. The van der Waals surface area contributed by atoms with Crippen LogP contribution in [-0.2, 0) is 26.1 Å². The van der Waals surface area contributed by atoms with Crippen molar-refractivity contribution < 1.29 is 22.7 Å². The molecule has 0 atom stereocenters. The second-order valence-electron chi connectivity index (χ2n) is 8.55. The molecule has 5 rings (SSSR count). The Balaban J connectivity index is 1.40. The van der Waals surface area contributed by atoms with Crippen molar-refractivity contribution in [3.8, 4) is 5.75 Å². The van der Waals surface area contributed by atoms with Crippen LogP contribution in [0.5, 0.6) is 5.75 Å². The van der Waals surface area contributed by atoms with Crippen LogP contribution in [0.4, 0.5) is 5.69 Å². The molecule has 1 aliphatic heterocycles. The van der Waals surface area contributed by atoms with E-state index in [4.69, 9.17) is 9.47 Å². The van der Waals surface area contributed by atoms with Crippen LogP contribution in [0.1, 0.15) is 0 Å². The first-order valence-electron chi connectivity index (χ1n) is 12.0. The fraction of sp³-hybridized carbons (Fsp3) is 0.280. The van der Waals surface area contributed by atoms with Crippen molar-refractivity contribution in [1.82, 2.24) is 23.5 Å². The third kappa shape index (κ3) is 5.15. The van der Waals surface area contributed by atoms with E-state index in [1.54, 1.807) is 28.7 Å². The summed E-state index contributed by atoms with van der Waals surface area (Å²) in [5.74, 6) is 0.199. The number of aromatic nitrogens is 4. The van der Waals surface area contributed by atoms with E-state index in [0.717, 1.165) is 11.8 Å². The number of morpholine rings is 1. The number of sulfonamides is 1. The highest BCUT2D eigenvalue weighted by Crippen LogP contribution is 2.30. The SMILES string of the molecule is C=CCn1c(=O)c2ccccc2n2c(SCC(=O)Nc3cc(S(=O)(=O)N4CCOCC4)ccc3OC)nnc12. The van der Waals surface area contributed by atoms with Crippen molar-refractivity contribution in [2.45, 2.75) is 16.6 Å². The molecule has 1 N–H and O–H groups in total. The number of hydrogen-bond donors (Lipinski definition) is 1. The molecule has 14 heteroatoms. The normalized spacial score (nSPS) is 14.5. The first-order valence-corrected chi connectivity index (χ1v) is 14.4. The molecule has 39 heavy (non-hydrogen) atoms. The highest BCUT2D eigenvalue weighted by molar-refractivity contribution is 7.99. The number of nitrogens with zero attached hydrogens (tertiary/aromatic N) is 5. The topological polar surface area (TPSA) is 137 Å². The van der Waals surface area contributed by atoms with Crippen molar-refractivity contribution in [1.29, 1.82) is 0 Å². The predicted octanol–water partition coefficient (Wildman–Crippen LogP) is 1.99. The smallest absolute Gasteiger partial charge is 0.263 e. The Morgan fingerprint density at radius 2 is 1.97 bits per heavy atom. The van der Waals surface area contributed by atoms with Crippen molar-refractivity contribution in [3.05, 3.63) is 65.5 Å². The summed E-state index contributed by atoms with van der Waals surface area (Å²) in [6.45, 7) is 5.14. The lowest BCUT2D eigenvalue weighted by Crippen LogP contribution is -2.40. The molecule has 0 saturated carbocycles. The maximum absolute atomic E-state index is 13.1. The lowest BCUT2D eigenvalue weighted by Gasteiger charge is -2.26. The number of fused-ring (bicyclic) bond motifs is 3. The molecule has 0 aliphatic carbocycles. The summed E-state index contributed by atoms with van der Waals surface area (Å²) >= 11 is 1.13. The zero-order valence-electron chi connectivity index (χ0n) is 21.1. The number of allylic oxidation sites excluding steroid dienone is 1. The van der Waals surface area contributed by atoms with Crippen molar-refractivity contribution in [2.24, 2.45) is 0 Å². The van der Waals surface area contributed by atoms with E-state index in [0.29, 0.717) is 40.8 Å². The minimum Gasteiger partial charge on any atom is -0.495 e. The number of carbonyl (C=O) groups excluding carboxylic acids is 1. The second-order valence-corrected chi connectivity index (χ2v) is 11.4. The number of para-hydroxylation sites is 1. The van der Waals surface area contributed by atoms with Crippen LogP contribution >= 0.6 is 11.8 Å². The van der Waals surface area contributed by atoms with Crippen LogP contribution in [0.2, 0.25) is 0 Å². The van der Waals surface area contributed by atoms with Crippen LogP contribution in [0, 0.1) is 0 Å². The molecule has 1 amide bonds. The summed E-state index contributed by atoms with van der Waals surface area (Å²) in [4.78, 5) is 26.0. The van der Waals surface area contributed by atoms with E-state index in [1.165, 1.54) is 34.2 Å². The van der Waals surface area contributed by atoms with Gasteiger partial charge in [-0.1, -0.05) is 30.0 Å². The average Bonchev–Trinajstić information content (AvgIpc) is 3.38. The number of hydrogen-bond acceptors (Lipinski definition) is 9. The minimum absolute atomic E-state index is 0.0447. The summed E-state index contributed by atoms with van der Waals surface area (Å²) in [6.07, 6.45) is 1.60. The van der Waals surface area contributed by atoms with Gasteiger partial charge in [-0.2, -0.15) is 4.31 Å². The number of rotatable bonds is 9. The standard InChI is InChI=1S/C25H26N6O6S2/c1-3-10-30-23(33)18-6-4-5-7-20(18)31-24(30)27-28-25(31)38-16-22(32)26-19-15-17(8-9-21(19)36-2)39(34,35)29-11-13-37-14-12-29/h3-9,15H,1,10-14,16H2,2H3,(H,26,32). The fourth-order valence-corrected chi connectivity index (χ4v) is 6.49. The first kappa shape index (κ1) is 26.9. The molecule has 1 saturated heterocycles. The molecule has 12 nitrogen and oxygen atoms in total. The highest BCUT2D eigenvalue weighted by Gasteiger charge is 2.27. The second kappa shape index (κ2) is 11.2. The van der Waals surface area contributed by atoms with Crippen molar-refractivity contribution in [2.75, 3.05) is 44.5 Å². The number of amides is 1. The van der Waals surface area contributed by atoms with Gasteiger partial charge in [0, 0.05) is 19.6 Å². The van der Waals surface area contributed by atoms with Gasteiger partial charge >= 0.3 is 0 Å². The maximum Gasteiger partial charge on any atom is 0.263 e. The van der Waals surface area contributed by atoms with Crippen molar-refractivity contribution in [3.63, 3.8) is 0 Å². The van der Waals surface area contributed by atoms with Gasteiger partial charge in [0.1, 0.15) is 5.75 Å². The van der Waals surface area contributed by atoms with Gasteiger partial charge in [-0.05, 0) is 30.3 Å².